The van der Waals surface area contributed by atoms with Gasteiger partial charge in [-0.25, -0.2) is 4.98 Å². The van der Waals surface area contributed by atoms with E-state index in [1.54, 1.807) is 16.0 Å². The van der Waals surface area contributed by atoms with Crippen LogP contribution in [0, 0.1) is 18.8 Å². The predicted molar refractivity (Wildman–Crippen MR) is 105 cm³/mol. The normalized spacial score (nSPS) is 20.7. The molecule has 3 aromatic heterocycles. The van der Waals surface area contributed by atoms with Gasteiger partial charge in [-0.1, -0.05) is 19.9 Å². The number of nitrogens with zero attached hydrogens (tertiary/aromatic N) is 4. The minimum atomic E-state index is 0.102. The molecule has 1 aliphatic rings. The lowest BCUT2D eigenvalue weighted by Gasteiger charge is -2.35. The summed E-state index contributed by atoms with van der Waals surface area (Å²) >= 11 is 1.64. The van der Waals surface area contributed by atoms with E-state index in [4.69, 9.17) is 4.98 Å². The fraction of sp³-hybridized carbons (Fsp3) is 0.450. The molecule has 0 N–H and O–H groups in total. The first-order valence-electron chi connectivity index (χ1n) is 9.11. The van der Waals surface area contributed by atoms with Crippen LogP contribution in [-0.4, -0.2) is 38.7 Å². The molecule has 0 aliphatic carbocycles. The van der Waals surface area contributed by atoms with Crippen LogP contribution in [0.3, 0.4) is 0 Å². The number of hydrogen-bond acceptors (Lipinski definition) is 4. The van der Waals surface area contributed by atoms with Gasteiger partial charge in [0, 0.05) is 20.1 Å². The molecule has 0 aromatic carbocycles. The third-order valence-electron chi connectivity index (χ3n) is 5.13. The maximum absolute atomic E-state index is 13.5. The van der Waals surface area contributed by atoms with Crippen LogP contribution in [0.4, 0.5) is 0 Å². The first kappa shape index (κ1) is 17.2. The third kappa shape index (κ3) is 2.92. The molecule has 2 unspecified atom stereocenters. The van der Waals surface area contributed by atoms with Gasteiger partial charge in [0.1, 0.15) is 0 Å². The third-order valence-corrected chi connectivity index (χ3v) is 6.02. The van der Waals surface area contributed by atoms with E-state index in [1.807, 2.05) is 42.5 Å². The van der Waals surface area contributed by atoms with E-state index in [0.717, 1.165) is 46.0 Å². The Hall–Kier alpha value is -2.21. The second-order valence-corrected chi connectivity index (χ2v) is 8.54. The van der Waals surface area contributed by atoms with Crippen LogP contribution in [0.15, 0.2) is 23.6 Å². The van der Waals surface area contributed by atoms with Crippen molar-refractivity contribution in [2.75, 3.05) is 13.1 Å². The highest BCUT2D eigenvalue weighted by Crippen LogP contribution is 2.31. The second-order valence-electron chi connectivity index (χ2n) is 7.60. The van der Waals surface area contributed by atoms with Crippen molar-refractivity contribution in [3.63, 3.8) is 0 Å². The maximum Gasteiger partial charge on any atom is 0.254 e. The van der Waals surface area contributed by atoms with Crippen molar-refractivity contribution in [2.45, 2.75) is 27.2 Å². The van der Waals surface area contributed by atoms with Crippen LogP contribution in [0.1, 0.15) is 36.3 Å². The minimum absolute atomic E-state index is 0.102. The number of piperidine rings is 1. The number of fused-ring (bicyclic) bond motifs is 1. The van der Waals surface area contributed by atoms with Crippen LogP contribution in [0.25, 0.3) is 21.6 Å². The largest absolute Gasteiger partial charge is 0.338 e. The molecule has 0 saturated carbocycles. The van der Waals surface area contributed by atoms with E-state index < -0.39 is 0 Å². The van der Waals surface area contributed by atoms with Crippen molar-refractivity contribution < 1.29 is 4.79 Å². The van der Waals surface area contributed by atoms with E-state index in [9.17, 15) is 4.79 Å². The summed E-state index contributed by atoms with van der Waals surface area (Å²) in [6.45, 7) is 8.04. The molecular formula is C20H24N4OS. The molecule has 0 spiro atoms. The average molecular weight is 369 g/mol. The summed E-state index contributed by atoms with van der Waals surface area (Å²) in [5.41, 5.74) is 3.20. The highest BCUT2D eigenvalue weighted by Gasteiger charge is 2.29. The Kier molecular flexibility index (Phi) is 4.31. The number of likely N-dealkylation sites (tertiary alicyclic amines) is 1. The standard InChI is InChI=1S/C20H24N4OS/c1-12-8-13(2)11-24(10-12)20(25)15-9-16(17-6-5-7-26-17)21-19-18(15)14(3)22-23(19)4/h5-7,9,12-13H,8,10-11H2,1-4H3. The average Bonchev–Trinajstić information content (AvgIpc) is 3.22. The van der Waals surface area contributed by atoms with Gasteiger partial charge in [0.05, 0.1) is 27.2 Å². The van der Waals surface area contributed by atoms with Gasteiger partial charge in [0.2, 0.25) is 0 Å². The molecule has 26 heavy (non-hydrogen) atoms. The number of pyridine rings is 1. The summed E-state index contributed by atoms with van der Waals surface area (Å²) in [6, 6.07) is 6.01. The van der Waals surface area contributed by atoms with Crippen LogP contribution in [0.2, 0.25) is 0 Å². The molecule has 1 fully saturated rings. The number of carbonyl (C=O) groups excluding carboxylic acids is 1. The lowest BCUT2D eigenvalue weighted by atomic mass is 9.91. The topological polar surface area (TPSA) is 51.0 Å². The molecule has 0 radical (unpaired) electrons. The molecule has 4 rings (SSSR count). The van der Waals surface area contributed by atoms with Crippen LogP contribution in [-0.2, 0) is 7.05 Å². The van der Waals surface area contributed by atoms with Gasteiger partial charge in [-0.15, -0.1) is 11.3 Å². The summed E-state index contributed by atoms with van der Waals surface area (Å²) in [7, 11) is 1.89. The van der Waals surface area contributed by atoms with Gasteiger partial charge in [-0.2, -0.15) is 5.10 Å². The van der Waals surface area contributed by atoms with Crippen LogP contribution in [0.5, 0.6) is 0 Å². The van der Waals surface area contributed by atoms with Crippen molar-refractivity contribution >= 4 is 28.3 Å². The summed E-state index contributed by atoms with van der Waals surface area (Å²) in [6.07, 6.45) is 1.18. The van der Waals surface area contributed by atoms with E-state index in [0.29, 0.717) is 11.8 Å². The monoisotopic (exact) mass is 368 g/mol. The van der Waals surface area contributed by atoms with Gasteiger partial charge in [-0.05, 0) is 42.7 Å². The lowest BCUT2D eigenvalue weighted by Crippen LogP contribution is -2.42. The van der Waals surface area contributed by atoms with Gasteiger partial charge in [0.15, 0.2) is 5.65 Å². The molecular weight excluding hydrogens is 344 g/mol. The molecule has 2 atom stereocenters. The van der Waals surface area contributed by atoms with Gasteiger partial charge >= 0.3 is 0 Å². The number of aryl methyl sites for hydroxylation is 2. The molecule has 3 aromatic rings. The Bertz CT molecular complexity index is 950. The van der Waals surface area contributed by atoms with Gasteiger partial charge < -0.3 is 4.90 Å². The fourth-order valence-corrected chi connectivity index (χ4v) is 4.85. The molecule has 136 valence electrons. The van der Waals surface area contributed by atoms with Crippen molar-refractivity contribution in [3.05, 3.63) is 34.8 Å². The van der Waals surface area contributed by atoms with Gasteiger partial charge in [0.25, 0.3) is 5.91 Å². The number of carbonyl (C=O) groups is 1. The van der Waals surface area contributed by atoms with Crippen molar-refractivity contribution in [1.82, 2.24) is 19.7 Å². The van der Waals surface area contributed by atoms with Crippen molar-refractivity contribution in [3.8, 4) is 10.6 Å². The van der Waals surface area contributed by atoms with E-state index in [2.05, 4.69) is 18.9 Å². The highest BCUT2D eigenvalue weighted by molar-refractivity contribution is 7.13. The molecule has 1 amide bonds. The first-order chi connectivity index (χ1) is 12.4. The highest BCUT2D eigenvalue weighted by atomic mass is 32.1. The number of thiophene rings is 1. The Morgan fingerprint density at radius 3 is 2.65 bits per heavy atom. The van der Waals surface area contributed by atoms with E-state index >= 15 is 0 Å². The summed E-state index contributed by atoms with van der Waals surface area (Å²) < 4.78 is 1.78. The van der Waals surface area contributed by atoms with Crippen LogP contribution >= 0.6 is 11.3 Å². The number of rotatable bonds is 2. The molecule has 1 saturated heterocycles. The van der Waals surface area contributed by atoms with Crippen molar-refractivity contribution in [1.29, 1.82) is 0 Å². The van der Waals surface area contributed by atoms with E-state index in [1.165, 1.54) is 6.42 Å². The second kappa shape index (κ2) is 6.50. The predicted octanol–water partition coefficient (Wildman–Crippen LogP) is 4.12. The number of aromatic nitrogens is 3. The maximum atomic E-state index is 13.5. The van der Waals surface area contributed by atoms with Crippen LogP contribution < -0.4 is 0 Å². The summed E-state index contributed by atoms with van der Waals surface area (Å²) in [5, 5.41) is 7.43. The zero-order valence-electron chi connectivity index (χ0n) is 15.7. The lowest BCUT2D eigenvalue weighted by molar-refractivity contribution is 0.0625. The molecule has 1 aliphatic heterocycles. The zero-order valence-corrected chi connectivity index (χ0v) is 16.5. The number of hydrogen-bond donors (Lipinski definition) is 0. The Morgan fingerprint density at radius 1 is 1.27 bits per heavy atom. The first-order valence-corrected chi connectivity index (χ1v) is 9.99. The smallest absolute Gasteiger partial charge is 0.254 e. The Morgan fingerprint density at radius 2 is 2.00 bits per heavy atom. The SMILES string of the molecule is Cc1nn(C)c2nc(-c3cccs3)cc(C(=O)N3CC(C)CC(C)C3)c12. The Balaban J connectivity index is 1.86. The molecule has 5 nitrogen and oxygen atoms in total. The molecule has 6 heteroatoms. The minimum Gasteiger partial charge on any atom is -0.338 e. The zero-order chi connectivity index (χ0) is 18.4. The quantitative estimate of drug-likeness (QED) is 0.683. The fourth-order valence-electron chi connectivity index (χ4n) is 4.16. The van der Waals surface area contributed by atoms with Gasteiger partial charge in [-0.3, -0.25) is 9.48 Å². The number of amides is 1. The summed E-state index contributed by atoms with van der Waals surface area (Å²) in [5.74, 6) is 1.17. The van der Waals surface area contributed by atoms with Crippen molar-refractivity contribution in [2.24, 2.45) is 18.9 Å². The molecule has 0 bridgehead atoms. The summed E-state index contributed by atoms with van der Waals surface area (Å²) in [4.78, 5) is 21.3. The molecule has 4 heterocycles. The Labute approximate surface area is 157 Å². The van der Waals surface area contributed by atoms with E-state index in [-0.39, 0.29) is 5.91 Å².